The summed E-state index contributed by atoms with van der Waals surface area (Å²) in [5.41, 5.74) is 2.48. The molecule has 7 heteroatoms. The maximum atomic E-state index is 13.2. The number of nitrogens with one attached hydrogen (secondary N) is 1. The van der Waals surface area contributed by atoms with Gasteiger partial charge in [0.05, 0.1) is 4.90 Å². The molecule has 0 saturated carbocycles. The van der Waals surface area contributed by atoms with Crippen molar-refractivity contribution in [3.05, 3.63) is 29.3 Å². The molecule has 1 aromatic rings. The zero-order chi connectivity index (χ0) is 23.3. The van der Waals surface area contributed by atoms with Gasteiger partial charge in [0.2, 0.25) is 15.9 Å². The number of rotatable bonds is 8. The number of unbranched alkanes of at least 4 members (excludes halogenated alkanes) is 1. The van der Waals surface area contributed by atoms with E-state index < -0.39 is 10.0 Å². The number of hydrogen-bond acceptors (Lipinski definition) is 4. The highest BCUT2D eigenvalue weighted by atomic mass is 32.2. The second-order valence-corrected chi connectivity index (χ2v) is 12.1. The molecule has 1 aliphatic carbocycles. The molecule has 0 bridgehead atoms. The van der Waals surface area contributed by atoms with E-state index in [0.29, 0.717) is 43.4 Å². The van der Waals surface area contributed by atoms with Crippen molar-refractivity contribution in [3.63, 3.8) is 0 Å². The van der Waals surface area contributed by atoms with Crippen LogP contribution in [0, 0.1) is 5.92 Å². The summed E-state index contributed by atoms with van der Waals surface area (Å²) in [5, 5.41) is 3.10. The fourth-order valence-corrected chi connectivity index (χ4v) is 7.18. The van der Waals surface area contributed by atoms with E-state index in [9.17, 15) is 13.2 Å². The fourth-order valence-electron chi connectivity index (χ4n) is 5.66. The normalized spacial score (nSPS) is 23.2. The molecule has 6 nitrogen and oxygen atoms in total. The minimum atomic E-state index is -3.49. The van der Waals surface area contributed by atoms with Crippen molar-refractivity contribution in [1.82, 2.24) is 14.5 Å². The summed E-state index contributed by atoms with van der Waals surface area (Å²) < 4.78 is 27.9. The Morgan fingerprint density at radius 1 is 0.970 bits per heavy atom. The first kappa shape index (κ1) is 24.7. The molecule has 3 aliphatic rings. The summed E-state index contributed by atoms with van der Waals surface area (Å²) in [6, 6.07) is 6.33. The maximum absolute atomic E-state index is 13.2. The third kappa shape index (κ3) is 6.17. The number of aryl methyl sites for hydroxylation is 2. The fraction of sp³-hybridized carbons (Fsp3) is 0.731. The van der Waals surface area contributed by atoms with Crippen LogP contribution in [0.3, 0.4) is 0 Å². The van der Waals surface area contributed by atoms with E-state index >= 15 is 0 Å². The van der Waals surface area contributed by atoms with Crippen LogP contribution in [0.5, 0.6) is 0 Å². The van der Waals surface area contributed by atoms with Crippen LogP contribution in [0.4, 0.5) is 0 Å². The molecule has 1 unspecified atom stereocenters. The number of amides is 1. The first-order valence-electron chi connectivity index (χ1n) is 13.1. The van der Waals surface area contributed by atoms with Gasteiger partial charge in [0.15, 0.2) is 0 Å². The molecule has 0 radical (unpaired) electrons. The van der Waals surface area contributed by atoms with E-state index in [1.165, 1.54) is 43.4 Å². The zero-order valence-electron chi connectivity index (χ0n) is 20.2. The number of hydrogen-bond donors (Lipinski definition) is 1. The van der Waals surface area contributed by atoms with Gasteiger partial charge in [-0.25, -0.2) is 8.42 Å². The number of sulfonamides is 1. The summed E-state index contributed by atoms with van der Waals surface area (Å²) >= 11 is 0. The van der Waals surface area contributed by atoms with Crippen LogP contribution >= 0.6 is 0 Å². The quantitative estimate of drug-likeness (QED) is 0.582. The first-order chi connectivity index (χ1) is 15.9. The Morgan fingerprint density at radius 3 is 2.48 bits per heavy atom. The molecule has 4 rings (SSSR count). The topological polar surface area (TPSA) is 69.7 Å². The van der Waals surface area contributed by atoms with Crippen molar-refractivity contribution < 1.29 is 13.2 Å². The Hall–Kier alpha value is -1.44. The summed E-state index contributed by atoms with van der Waals surface area (Å²) in [7, 11) is -3.49. The highest BCUT2D eigenvalue weighted by Gasteiger charge is 2.32. The lowest BCUT2D eigenvalue weighted by Crippen LogP contribution is -2.43. The predicted molar refractivity (Wildman–Crippen MR) is 132 cm³/mol. The highest BCUT2D eigenvalue weighted by Crippen LogP contribution is 2.28. The molecule has 2 fully saturated rings. The van der Waals surface area contributed by atoms with Crippen molar-refractivity contribution in [2.75, 3.05) is 32.7 Å². The Bertz CT molecular complexity index is 909. The van der Waals surface area contributed by atoms with Gasteiger partial charge in [-0.3, -0.25) is 4.79 Å². The van der Waals surface area contributed by atoms with E-state index in [0.717, 1.165) is 38.6 Å². The van der Waals surface area contributed by atoms with Gasteiger partial charge >= 0.3 is 0 Å². The molecule has 0 aromatic heterocycles. The van der Waals surface area contributed by atoms with E-state index in [-0.39, 0.29) is 11.8 Å². The van der Waals surface area contributed by atoms with E-state index in [1.54, 1.807) is 10.4 Å². The van der Waals surface area contributed by atoms with Crippen LogP contribution in [-0.4, -0.2) is 62.3 Å². The van der Waals surface area contributed by atoms with Gasteiger partial charge in [-0.2, -0.15) is 4.31 Å². The third-order valence-corrected chi connectivity index (χ3v) is 9.79. The average Bonchev–Trinajstić information content (AvgIpc) is 2.84. The van der Waals surface area contributed by atoms with Gasteiger partial charge in [0, 0.05) is 31.6 Å². The van der Waals surface area contributed by atoms with Crippen LogP contribution in [-0.2, 0) is 27.7 Å². The summed E-state index contributed by atoms with van der Waals surface area (Å²) in [6.45, 7) is 6.21. The molecule has 2 heterocycles. The highest BCUT2D eigenvalue weighted by molar-refractivity contribution is 7.89. The van der Waals surface area contributed by atoms with Crippen molar-refractivity contribution >= 4 is 15.9 Å². The monoisotopic (exact) mass is 475 g/mol. The first-order valence-corrected chi connectivity index (χ1v) is 14.5. The van der Waals surface area contributed by atoms with Crippen molar-refractivity contribution in [1.29, 1.82) is 0 Å². The molecular formula is C26H41N3O3S. The summed E-state index contributed by atoms with van der Waals surface area (Å²) in [5.74, 6) is 0.00858. The van der Waals surface area contributed by atoms with Gasteiger partial charge in [-0.1, -0.05) is 12.5 Å². The lowest BCUT2D eigenvalue weighted by atomic mass is 9.92. The number of carbonyl (C=O) groups excluding carboxylic acids is 1. The van der Waals surface area contributed by atoms with Gasteiger partial charge in [-0.15, -0.1) is 0 Å². The number of benzene rings is 1. The minimum Gasteiger partial charge on any atom is -0.356 e. The summed E-state index contributed by atoms with van der Waals surface area (Å²) in [4.78, 5) is 15.6. The van der Waals surface area contributed by atoms with Crippen LogP contribution in [0.15, 0.2) is 23.1 Å². The van der Waals surface area contributed by atoms with E-state index in [2.05, 4.69) is 17.1 Å². The number of nitrogens with zero attached hydrogens (tertiary/aromatic N) is 2. The van der Waals surface area contributed by atoms with E-state index in [4.69, 9.17) is 0 Å². The van der Waals surface area contributed by atoms with Crippen LogP contribution in [0.1, 0.15) is 75.8 Å². The molecule has 0 spiro atoms. The lowest BCUT2D eigenvalue weighted by molar-refractivity contribution is -0.126. The van der Waals surface area contributed by atoms with Crippen LogP contribution < -0.4 is 5.32 Å². The molecule has 1 N–H and O–H groups in total. The zero-order valence-corrected chi connectivity index (χ0v) is 21.0. The average molecular weight is 476 g/mol. The second-order valence-electron chi connectivity index (χ2n) is 10.2. The summed E-state index contributed by atoms with van der Waals surface area (Å²) in [6.07, 6.45) is 11.6. The predicted octanol–water partition coefficient (Wildman–Crippen LogP) is 3.74. The van der Waals surface area contributed by atoms with Gasteiger partial charge < -0.3 is 10.2 Å². The van der Waals surface area contributed by atoms with Crippen LogP contribution in [0.2, 0.25) is 0 Å². The Balaban J connectivity index is 1.19. The van der Waals surface area contributed by atoms with Crippen LogP contribution in [0.25, 0.3) is 0 Å². The molecule has 1 amide bonds. The molecule has 1 atom stereocenters. The largest absolute Gasteiger partial charge is 0.356 e. The molecular weight excluding hydrogens is 434 g/mol. The Kier molecular flexibility index (Phi) is 8.47. The molecule has 184 valence electrons. The lowest BCUT2D eigenvalue weighted by Gasteiger charge is -2.33. The van der Waals surface area contributed by atoms with Gasteiger partial charge in [0.25, 0.3) is 0 Å². The second kappa shape index (κ2) is 11.3. The number of likely N-dealkylation sites (tertiary alicyclic amines) is 1. The van der Waals surface area contributed by atoms with Gasteiger partial charge in [0.1, 0.15) is 0 Å². The van der Waals surface area contributed by atoms with Crippen molar-refractivity contribution in [2.45, 2.75) is 88.5 Å². The van der Waals surface area contributed by atoms with Crippen molar-refractivity contribution in [2.24, 2.45) is 5.92 Å². The number of fused-ring (bicyclic) bond motifs is 1. The Labute approximate surface area is 200 Å². The molecule has 1 aromatic carbocycles. The van der Waals surface area contributed by atoms with E-state index in [1.807, 2.05) is 12.1 Å². The van der Waals surface area contributed by atoms with Crippen molar-refractivity contribution in [3.8, 4) is 0 Å². The Morgan fingerprint density at radius 2 is 1.73 bits per heavy atom. The maximum Gasteiger partial charge on any atom is 0.243 e. The SMILES string of the molecule is CC1CCCCN1CCCCNC(=O)C1CCN(S(=O)(=O)c2ccc3c(c2)CCCC3)CC1. The smallest absolute Gasteiger partial charge is 0.243 e. The number of carbonyl (C=O) groups is 1. The number of piperidine rings is 2. The third-order valence-electron chi connectivity index (χ3n) is 7.89. The molecule has 33 heavy (non-hydrogen) atoms. The molecule has 2 saturated heterocycles. The molecule has 2 aliphatic heterocycles. The van der Waals surface area contributed by atoms with Gasteiger partial charge in [-0.05, 0) is 107 Å². The minimum absolute atomic E-state index is 0.0814. The standard InChI is InChI=1S/C26H41N3O3S/c1-21-8-4-6-16-28(21)17-7-5-15-27-26(30)23-13-18-29(19-14-23)33(31,32)25-12-11-22-9-2-3-10-24(22)20-25/h11-12,20-21,23H,2-10,13-19H2,1H3,(H,27,30).